The second kappa shape index (κ2) is 8.48. The standard InChI is InChI=1S/C25H23N3O3S/c1-17(2)19-9-12-23-22(15-19)21-5-3-4-6-24(21)32(30,31)28(23)16-25(29)27-20-10-7-18(8-11-20)13-14-26/h3-12,15,17H,13,16H2,1-2H3,(H,27,29). The molecule has 0 fully saturated rings. The van der Waals surface area contributed by atoms with Gasteiger partial charge in [-0.2, -0.15) is 5.26 Å². The van der Waals surface area contributed by atoms with Crippen LogP contribution in [0.4, 0.5) is 11.4 Å². The zero-order chi connectivity index (χ0) is 22.9. The first-order valence-corrected chi connectivity index (χ1v) is 11.8. The Morgan fingerprint density at radius 3 is 2.44 bits per heavy atom. The molecular formula is C25H23N3O3S. The summed E-state index contributed by atoms with van der Waals surface area (Å²) in [7, 11) is -3.89. The van der Waals surface area contributed by atoms with Crippen LogP contribution in [0.15, 0.2) is 71.6 Å². The smallest absolute Gasteiger partial charge is 0.265 e. The lowest BCUT2D eigenvalue weighted by Gasteiger charge is -2.32. The number of amides is 1. The Labute approximate surface area is 188 Å². The van der Waals surface area contributed by atoms with Gasteiger partial charge in [-0.05, 0) is 47.4 Å². The molecule has 7 heteroatoms. The van der Waals surface area contributed by atoms with E-state index in [2.05, 4.69) is 25.2 Å². The highest BCUT2D eigenvalue weighted by Crippen LogP contribution is 2.43. The zero-order valence-electron chi connectivity index (χ0n) is 17.9. The third-order valence-corrected chi connectivity index (χ3v) is 7.33. The maximum absolute atomic E-state index is 13.4. The largest absolute Gasteiger partial charge is 0.325 e. The van der Waals surface area contributed by atoms with Gasteiger partial charge in [-0.1, -0.05) is 50.2 Å². The lowest BCUT2D eigenvalue weighted by molar-refractivity contribution is -0.114. The minimum atomic E-state index is -3.89. The SMILES string of the molecule is CC(C)c1ccc2c(c1)-c1ccccc1S(=O)(=O)N2CC(=O)Nc1ccc(CC#N)cc1. The molecule has 0 spiro atoms. The molecule has 1 aliphatic heterocycles. The first-order valence-electron chi connectivity index (χ1n) is 10.3. The molecule has 1 N–H and O–H groups in total. The predicted octanol–water partition coefficient (Wildman–Crippen LogP) is 4.69. The van der Waals surface area contributed by atoms with Crippen LogP contribution in [0.3, 0.4) is 0 Å². The molecule has 0 saturated carbocycles. The Morgan fingerprint density at radius 1 is 1.03 bits per heavy atom. The number of carbonyl (C=O) groups excluding carboxylic acids is 1. The summed E-state index contributed by atoms with van der Waals surface area (Å²) in [5.41, 5.74) is 4.43. The molecule has 0 saturated heterocycles. The van der Waals surface area contributed by atoms with Gasteiger partial charge in [-0.25, -0.2) is 8.42 Å². The Hall–Kier alpha value is -3.63. The number of anilines is 2. The summed E-state index contributed by atoms with van der Waals surface area (Å²) in [4.78, 5) is 13.0. The number of nitriles is 1. The molecule has 0 bridgehead atoms. The monoisotopic (exact) mass is 445 g/mol. The summed E-state index contributed by atoms with van der Waals surface area (Å²) in [6, 6.07) is 21.6. The van der Waals surface area contributed by atoms with Crippen LogP contribution in [0.5, 0.6) is 0 Å². The number of sulfonamides is 1. The Balaban J connectivity index is 1.68. The van der Waals surface area contributed by atoms with Crippen molar-refractivity contribution in [3.05, 3.63) is 77.9 Å². The van der Waals surface area contributed by atoms with Gasteiger partial charge in [0, 0.05) is 16.8 Å². The molecule has 1 heterocycles. The molecule has 32 heavy (non-hydrogen) atoms. The van der Waals surface area contributed by atoms with Crippen LogP contribution in [0.2, 0.25) is 0 Å². The van der Waals surface area contributed by atoms with E-state index in [0.29, 0.717) is 16.9 Å². The third-order valence-electron chi connectivity index (χ3n) is 5.51. The number of hydrogen-bond donors (Lipinski definition) is 1. The van der Waals surface area contributed by atoms with Gasteiger partial charge in [0.05, 0.1) is 23.1 Å². The summed E-state index contributed by atoms with van der Waals surface area (Å²) >= 11 is 0. The summed E-state index contributed by atoms with van der Waals surface area (Å²) in [6.07, 6.45) is 0.287. The average Bonchev–Trinajstić information content (AvgIpc) is 2.78. The Morgan fingerprint density at radius 2 is 1.75 bits per heavy atom. The highest BCUT2D eigenvalue weighted by atomic mass is 32.2. The lowest BCUT2D eigenvalue weighted by atomic mass is 9.95. The van der Waals surface area contributed by atoms with E-state index in [-0.39, 0.29) is 23.8 Å². The number of hydrogen-bond acceptors (Lipinski definition) is 4. The first kappa shape index (κ1) is 21.6. The second-order valence-corrected chi connectivity index (χ2v) is 9.85. The van der Waals surface area contributed by atoms with Gasteiger partial charge in [-0.15, -0.1) is 0 Å². The van der Waals surface area contributed by atoms with E-state index in [9.17, 15) is 13.2 Å². The van der Waals surface area contributed by atoms with E-state index in [4.69, 9.17) is 5.26 Å². The average molecular weight is 446 g/mol. The highest BCUT2D eigenvalue weighted by molar-refractivity contribution is 7.93. The van der Waals surface area contributed by atoms with Crippen molar-refractivity contribution in [3.63, 3.8) is 0 Å². The molecule has 0 aromatic heterocycles. The maximum atomic E-state index is 13.4. The highest BCUT2D eigenvalue weighted by Gasteiger charge is 2.36. The van der Waals surface area contributed by atoms with Crippen LogP contribution in [0.1, 0.15) is 30.9 Å². The van der Waals surface area contributed by atoms with E-state index < -0.39 is 15.9 Å². The molecular weight excluding hydrogens is 422 g/mol. The van der Waals surface area contributed by atoms with E-state index in [1.165, 1.54) is 4.31 Å². The fourth-order valence-electron chi connectivity index (χ4n) is 3.81. The zero-order valence-corrected chi connectivity index (χ0v) is 18.7. The van der Waals surface area contributed by atoms with Gasteiger partial charge in [0.25, 0.3) is 10.0 Å². The van der Waals surface area contributed by atoms with Crippen molar-refractivity contribution in [1.29, 1.82) is 5.26 Å². The number of nitrogens with one attached hydrogen (secondary N) is 1. The number of benzene rings is 3. The van der Waals surface area contributed by atoms with Crippen LogP contribution in [-0.2, 0) is 21.2 Å². The third kappa shape index (κ3) is 3.97. The van der Waals surface area contributed by atoms with Crippen molar-refractivity contribution in [3.8, 4) is 17.2 Å². The van der Waals surface area contributed by atoms with Crippen molar-refractivity contribution in [2.75, 3.05) is 16.2 Å². The molecule has 0 radical (unpaired) electrons. The maximum Gasteiger partial charge on any atom is 0.265 e. The van der Waals surface area contributed by atoms with Gasteiger partial charge in [0.15, 0.2) is 0 Å². The summed E-state index contributed by atoms with van der Waals surface area (Å²) in [5, 5.41) is 11.5. The van der Waals surface area contributed by atoms with E-state index in [1.54, 1.807) is 48.5 Å². The Bertz CT molecular complexity index is 1320. The molecule has 4 rings (SSSR count). The van der Waals surface area contributed by atoms with E-state index >= 15 is 0 Å². The lowest BCUT2D eigenvalue weighted by Crippen LogP contribution is -2.40. The molecule has 0 aliphatic carbocycles. The second-order valence-electron chi connectivity index (χ2n) is 8.02. The summed E-state index contributed by atoms with van der Waals surface area (Å²) < 4.78 is 28.0. The van der Waals surface area contributed by atoms with Crippen LogP contribution in [-0.4, -0.2) is 20.9 Å². The number of nitrogens with zero attached hydrogens (tertiary/aromatic N) is 2. The van der Waals surface area contributed by atoms with E-state index in [0.717, 1.165) is 16.7 Å². The van der Waals surface area contributed by atoms with Crippen molar-refractivity contribution < 1.29 is 13.2 Å². The normalized spacial score (nSPS) is 13.8. The molecule has 0 atom stereocenters. The van der Waals surface area contributed by atoms with Gasteiger partial charge in [0.1, 0.15) is 6.54 Å². The topological polar surface area (TPSA) is 90.3 Å². The summed E-state index contributed by atoms with van der Waals surface area (Å²) in [5.74, 6) is -0.161. The van der Waals surface area contributed by atoms with Crippen molar-refractivity contribution in [1.82, 2.24) is 0 Å². The number of fused-ring (bicyclic) bond motifs is 3. The van der Waals surface area contributed by atoms with Crippen LogP contribution in [0, 0.1) is 11.3 Å². The molecule has 162 valence electrons. The molecule has 3 aromatic rings. The fraction of sp³-hybridized carbons (Fsp3) is 0.200. The van der Waals surface area contributed by atoms with Crippen LogP contribution < -0.4 is 9.62 Å². The van der Waals surface area contributed by atoms with Crippen LogP contribution in [0.25, 0.3) is 11.1 Å². The predicted molar refractivity (Wildman–Crippen MR) is 125 cm³/mol. The molecule has 1 amide bonds. The molecule has 3 aromatic carbocycles. The Kier molecular flexibility index (Phi) is 5.72. The van der Waals surface area contributed by atoms with Crippen molar-refractivity contribution in [2.24, 2.45) is 0 Å². The van der Waals surface area contributed by atoms with Gasteiger partial charge in [-0.3, -0.25) is 9.10 Å². The van der Waals surface area contributed by atoms with Crippen molar-refractivity contribution in [2.45, 2.75) is 31.1 Å². The molecule has 0 unspecified atom stereocenters. The molecule has 1 aliphatic rings. The summed E-state index contributed by atoms with van der Waals surface area (Å²) in [6.45, 7) is 3.82. The first-order chi connectivity index (χ1) is 15.3. The molecule has 6 nitrogen and oxygen atoms in total. The van der Waals surface area contributed by atoms with Gasteiger partial charge >= 0.3 is 0 Å². The van der Waals surface area contributed by atoms with E-state index in [1.807, 2.05) is 18.2 Å². The van der Waals surface area contributed by atoms with Gasteiger partial charge in [0.2, 0.25) is 5.91 Å². The van der Waals surface area contributed by atoms with Gasteiger partial charge < -0.3 is 5.32 Å². The minimum Gasteiger partial charge on any atom is -0.325 e. The van der Waals surface area contributed by atoms with Crippen molar-refractivity contribution >= 4 is 27.3 Å². The number of carbonyl (C=O) groups is 1. The number of rotatable bonds is 5. The fourth-order valence-corrected chi connectivity index (χ4v) is 5.46. The minimum absolute atomic E-state index is 0.196. The van der Waals surface area contributed by atoms with Crippen LogP contribution >= 0.6 is 0 Å². The quantitative estimate of drug-likeness (QED) is 0.617.